The van der Waals surface area contributed by atoms with Gasteiger partial charge >= 0.3 is 7.82 Å². The van der Waals surface area contributed by atoms with Gasteiger partial charge in [0.2, 0.25) is 0 Å². The van der Waals surface area contributed by atoms with E-state index >= 15 is 0 Å². The minimum atomic E-state index is -4.44. The molecule has 0 aliphatic heterocycles. The second-order valence-electron chi connectivity index (χ2n) is 3.12. The highest BCUT2D eigenvalue weighted by Crippen LogP contribution is 2.44. The Hall–Kier alpha value is -1.39. The summed E-state index contributed by atoms with van der Waals surface area (Å²) in [7, 11) is -4.44. The largest absolute Gasteiger partial charge is 0.555 e. The van der Waals surface area contributed by atoms with Crippen molar-refractivity contribution in [3.05, 3.63) is 42.5 Å². The van der Waals surface area contributed by atoms with Gasteiger partial charge < -0.3 is 4.52 Å². The molecule has 0 heterocycles. The van der Waals surface area contributed by atoms with E-state index in [9.17, 15) is 4.57 Å². The minimum Gasteiger partial charge on any atom is -0.402 e. The topological polar surface area (TPSA) is 76.0 Å². The van der Waals surface area contributed by atoms with Gasteiger partial charge in [0, 0.05) is 5.39 Å². The van der Waals surface area contributed by atoms with E-state index in [1.54, 1.807) is 18.2 Å². The molecule has 2 N–H and O–H groups in total. The van der Waals surface area contributed by atoms with Crippen LogP contribution in [-0.4, -0.2) is 10.2 Å². The van der Waals surface area contributed by atoms with Crippen LogP contribution in [0.1, 0.15) is 0 Å². The van der Waals surface area contributed by atoms with E-state index in [-0.39, 0.29) is 5.75 Å². The van der Waals surface area contributed by atoms with Gasteiger partial charge in [0.05, 0.1) is 0 Å². The Morgan fingerprint density at radius 3 is 2.50 bits per heavy atom. The Bertz CT molecular complexity index is 548. The maximum Gasteiger partial charge on any atom is 0.555 e. The van der Waals surface area contributed by atoms with Gasteiger partial charge in [-0.2, -0.15) is 0 Å². The molecule has 0 spiro atoms. The third kappa shape index (κ3) is 2.23. The van der Waals surface area contributed by atoms with Crippen molar-refractivity contribution in [1.29, 1.82) is 0 Å². The molecule has 5 nitrogen and oxygen atoms in total. The molecule has 0 aromatic heterocycles. The zero-order valence-electron chi connectivity index (χ0n) is 8.11. The lowest BCUT2D eigenvalue weighted by Crippen LogP contribution is -1.94. The fourth-order valence-electron chi connectivity index (χ4n) is 1.42. The van der Waals surface area contributed by atoms with Crippen LogP contribution in [0.15, 0.2) is 42.5 Å². The summed E-state index contributed by atoms with van der Waals surface area (Å²) in [6.45, 7) is 0. The molecule has 16 heavy (non-hydrogen) atoms. The number of phosphoric acid groups is 1. The monoisotopic (exact) mass is 240 g/mol. The Morgan fingerprint density at radius 1 is 1.06 bits per heavy atom. The van der Waals surface area contributed by atoms with E-state index in [0.29, 0.717) is 5.39 Å². The zero-order chi connectivity index (χ0) is 11.6. The van der Waals surface area contributed by atoms with Crippen LogP contribution >= 0.6 is 7.82 Å². The Morgan fingerprint density at radius 2 is 1.75 bits per heavy atom. The van der Waals surface area contributed by atoms with E-state index in [1.807, 2.05) is 18.2 Å². The van der Waals surface area contributed by atoms with Gasteiger partial charge in [0.15, 0.2) is 0 Å². The molecule has 2 rings (SSSR count). The second kappa shape index (κ2) is 4.23. The van der Waals surface area contributed by atoms with Crippen LogP contribution < -0.4 is 4.52 Å². The van der Waals surface area contributed by atoms with Crippen molar-refractivity contribution >= 4 is 18.6 Å². The van der Waals surface area contributed by atoms with Crippen LogP contribution in [0.2, 0.25) is 0 Å². The van der Waals surface area contributed by atoms with Crippen molar-refractivity contribution in [2.24, 2.45) is 0 Å². The van der Waals surface area contributed by atoms with Crippen molar-refractivity contribution < 1.29 is 23.9 Å². The summed E-state index contributed by atoms with van der Waals surface area (Å²) in [5.41, 5.74) is 0. The van der Waals surface area contributed by atoms with Gasteiger partial charge in [-0.3, -0.25) is 4.89 Å². The van der Waals surface area contributed by atoms with Crippen LogP contribution in [0.4, 0.5) is 0 Å². The van der Waals surface area contributed by atoms with Crippen LogP contribution in [0.25, 0.3) is 10.8 Å². The first-order valence-corrected chi connectivity index (χ1v) is 5.95. The maximum absolute atomic E-state index is 11.1. The number of benzene rings is 2. The first-order chi connectivity index (χ1) is 7.62. The van der Waals surface area contributed by atoms with Crippen molar-refractivity contribution in [2.75, 3.05) is 0 Å². The fourth-order valence-corrected chi connectivity index (χ4v) is 1.86. The predicted octanol–water partition coefficient (Wildman–Crippen LogP) is 2.81. The SMILES string of the molecule is O=P(O)(OO)Oc1cccc2ccccc12. The van der Waals surface area contributed by atoms with E-state index in [2.05, 4.69) is 4.67 Å². The molecular formula is C10H9O5P. The molecule has 0 radical (unpaired) electrons. The number of phosphoric ester groups is 1. The van der Waals surface area contributed by atoms with Crippen molar-refractivity contribution in [3.63, 3.8) is 0 Å². The third-order valence-electron chi connectivity index (χ3n) is 2.07. The fraction of sp³-hybridized carbons (Fsp3) is 0. The standard InChI is InChI=1S/C10H9O5P/c11-15-16(12,13)14-10-7-3-5-8-4-1-2-6-9(8)10/h1-7,11H,(H,12,13). The molecule has 84 valence electrons. The summed E-state index contributed by atoms with van der Waals surface area (Å²) >= 11 is 0. The summed E-state index contributed by atoms with van der Waals surface area (Å²) < 4.78 is 19.1. The van der Waals surface area contributed by atoms with Gasteiger partial charge in [0.1, 0.15) is 5.75 Å². The zero-order valence-corrected chi connectivity index (χ0v) is 9.00. The molecule has 2 aromatic rings. The molecule has 1 atom stereocenters. The average molecular weight is 240 g/mol. The summed E-state index contributed by atoms with van der Waals surface area (Å²) in [6.07, 6.45) is 0. The normalized spacial score (nSPS) is 14.6. The molecular weight excluding hydrogens is 231 g/mol. The maximum atomic E-state index is 11.1. The van der Waals surface area contributed by atoms with Crippen LogP contribution in [0.5, 0.6) is 5.75 Å². The summed E-state index contributed by atoms with van der Waals surface area (Å²) in [5, 5.41) is 9.71. The predicted molar refractivity (Wildman–Crippen MR) is 58.1 cm³/mol. The smallest absolute Gasteiger partial charge is 0.402 e. The van der Waals surface area contributed by atoms with Crippen molar-refractivity contribution in [3.8, 4) is 5.75 Å². The molecule has 0 saturated carbocycles. The van der Waals surface area contributed by atoms with Crippen LogP contribution in [0.3, 0.4) is 0 Å². The quantitative estimate of drug-likeness (QED) is 0.490. The highest BCUT2D eigenvalue weighted by Gasteiger charge is 2.23. The van der Waals surface area contributed by atoms with E-state index in [4.69, 9.17) is 14.7 Å². The third-order valence-corrected chi connectivity index (χ3v) is 2.70. The Kier molecular flexibility index (Phi) is 2.94. The lowest BCUT2D eigenvalue weighted by molar-refractivity contribution is -0.156. The van der Waals surface area contributed by atoms with Crippen LogP contribution in [-0.2, 0) is 9.24 Å². The highest BCUT2D eigenvalue weighted by atomic mass is 31.2. The number of hydrogen-bond acceptors (Lipinski definition) is 4. The van der Waals surface area contributed by atoms with Crippen molar-refractivity contribution in [2.45, 2.75) is 0 Å². The molecule has 0 aliphatic rings. The number of fused-ring (bicyclic) bond motifs is 1. The van der Waals surface area contributed by atoms with Crippen LogP contribution in [0, 0.1) is 0 Å². The summed E-state index contributed by atoms with van der Waals surface area (Å²) in [6, 6.07) is 12.2. The molecule has 2 aromatic carbocycles. The Balaban J connectivity index is 2.49. The lowest BCUT2D eigenvalue weighted by Gasteiger charge is -2.10. The molecule has 0 amide bonds. The van der Waals surface area contributed by atoms with Gasteiger partial charge in [0.25, 0.3) is 0 Å². The lowest BCUT2D eigenvalue weighted by atomic mass is 10.1. The molecule has 0 bridgehead atoms. The van der Waals surface area contributed by atoms with E-state index in [1.165, 1.54) is 6.07 Å². The molecule has 6 heteroatoms. The first-order valence-electron chi connectivity index (χ1n) is 4.46. The Labute approximate surface area is 91.4 Å². The van der Waals surface area contributed by atoms with E-state index < -0.39 is 7.82 Å². The minimum absolute atomic E-state index is 0.179. The summed E-state index contributed by atoms with van der Waals surface area (Å²) in [5.74, 6) is 0.179. The first kappa shape index (κ1) is 11.1. The van der Waals surface area contributed by atoms with Gasteiger partial charge in [-0.05, 0) is 11.5 Å². The summed E-state index contributed by atoms with van der Waals surface area (Å²) in [4.78, 5) is 9.00. The second-order valence-corrected chi connectivity index (χ2v) is 4.40. The van der Waals surface area contributed by atoms with Gasteiger partial charge in [-0.25, -0.2) is 9.82 Å². The number of hydrogen-bond donors (Lipinski definition) is 2. The molecule has 0 fully saturated rings. The molecule has 1 unspecified atom stereocenters. The molecule has 0 aliphatic carbocycles. The van der Waals surface area contributed by atoms with Gasteiger partial charge in [-0.1, -0.05) is 36.4 Å². The van der Waals surface area contributed by atoms with E-state index in [0.717, 1.165) is 5.39 Å². The molecule has 0 saturated heterocycles. The average Bonchev–Trinajstić information content (AvgIpc) is 2.29. The van der Waals surface area contributed by atoms with Crippen molar-refractivity contribution in [1.82, 2.24) is 0 Å². The van der Waals surface area contributed by atoms with Gasteiger partial charge in [-0.15, -0.1) is 4.67 Å². The highest BCUT2D eigenvalue weighted by molar-refractivity contribution is 7.47. The number of rotatable bonds is 3.